The predicted octanol–water partition coefficient (Wildman–Crippen LogP) is 2.44. The zero-order valence-corrected chi connectivity index (χ0v) is 9.37. The molecule has 1 aromatic rings. The molecule has 0 N–H and O–H groups in total. The van der Waals surface area contributed by atoms with Crippen LogP contribution in [0.3, 0.4) is 0 Å². The van der Waals surface area contributed by atoms with E-state index >= 15 is 0 Å². The molecule has 0 atom stereocenters. The average molecular weight is 194 g/mol. The zero-order valence-electron chi connectivity index (χ0n) is 9.37. The molecular weight excluding hydrogens is 176 g/mol. The van der Waals surface area contributed by atoms with Crippen LogP contribution in [0.15, 0.2) is 6.07 Å². The molecule has 3 nitrogen and oxygen atoms in total. The van der Waals surface area contributed by atoms with Gasteiger partial charge in [0.1, 0.15) is 5.69 Å². The summed E-state index contributed by atoms with van der Waals surface area (Å²) in [6.07, 6.45) is 0.602. The fourth-order valence-corrected chi connectivity index (χ4v) is 1.49. The summed E-state index contributed by atoms with van der Waals surface area (Å²) in [7, 11) is 0. The Labute approximate surface area is 85.1 Å². The molecule has 14 heavy (non-hydrogen) atoms. The van der Waals surface area contributed by atoms with E-state index in [9.17, 15) is 4.79 Å². The SMILES string of the molecule is CCn1nc(C)cc1C(=O)CC(C)C. The van der Waals surface area contributed by atoms with Crippen molar-refractivity contribution < 1.29 is 4.79 Å². The first kappa shape index (κ1) is 11.0. The van der Waals surface area contributed by atoms with Gasteiger partial charge in [0.2, 0.25) is 0 Å². The van der Waals surface area contributed by atoms with Gasteiger partial charge >= 0.3 is 0 Å². The summed E-state index contributed by atoms with van der Waals surface area (Å²) in [5.74, 6) is 0.602. The lowest BCUT2D eigenvalue weighted by Gasteiger charge is -2.05. The third kappa shape index (κ3) is 2.44. The fourth-order valence-electron chi connectivity index (χ4n) is 1.49. The molecule has 0 radical (unpaired) electrons. The molecule has 0 aromatic carbocycles. The Morgan fingerprint density at radius 2 is 2.21 bits per heavy atom. The molecule has 3 heteroatoms. The molecule has 1 heterocycles. The number of aromatic nitrogens is 2. The van der Waals surface area contributed by atoms with Crippen LogP contribution in [0.1, 0.15) is 43.4 Å². The summed E-state index contributed by atoms with van der Waals surface area (Å²) in [6.45, 7) is 8.78. The van der Waals surface area contributed by atoms with Crippen molar-refractivity contribution in [2.75, 3.05) is 0 Å². The fraction of sp³-hybridized carbons (Fsp3) is 0.636. The van der Waals surface area contributed by atoms with E-state index in [1.54, 1.807) is 4.68 Å². The number of carbonyl (C=O) groups excluding carboxylic acids is 1. The Morgan fingerprint density at radius 3 is 2.71 bits per heavy atom. The Bertz CT molecular complexity index is 326. The Morgan fingerprint density at radius 1 is 1.57 bits per heavy atom. The molecule has 1 aromatic heterocycles. The number of rotatable bonds is 4. The van der Waals surface area contributed by atoms with Gasteiger partial charge in [-0.05, 0) is 25.8 Å². The van der Waals surface area contributed by atoms with Gasteiger partial charge in [0.15, 0.2) is 5.78 Å². The van der Waals surface area contributed by atoms with Crippen molar-refractivity contribution in [3.63, 3.8) is 0 Å². The molecule has 0 aliphatic heterocycles. The molecule has 0 bridgehead atoms. The lowest BCUT2D eigenvalue weighted by Crippen LogP contribution is -2.11. The van der Waals surface area contributed by atoms with Crippen molar-refractivity contribution in [3.8, 4) is 0 Å². The number of aryl methyl sites for hydroxylation is 2. The minimum Gasteiger partial charge on any atom is -0.292 e. The largest absolute Gasteiger partial charge is 0.292 e. The van der Waals surface area contributed by atoms with E-state index in [-0.39, 0.29) is 5.78 Å². The van der Waals surface area contributed by atoms with Crippen LogP contribution in [0.25, 0.3) is 0 Å². The van der Waals surface area contributed by atoms with Gasteiger partial charge in [-0.25, -0.2) is 0 Å². The summed E-state index contributed by atoms with van der Waals surface area (Å²) in [5, 5.41) is 4.25. The number of carbonyl (C=O) groups is 1. The first-order chi connectivity index (χ1) is 6.54. The molecule has 0 aliphatic carbocycles. The summed E-state index contributed by atoms with van der Waals surface area (Å²) in [6, 6.07) is 1.87. The Balaban J connectivity index is 2.88. The molecule has 0 spiro atoms. The lowest BCUT2D eigenvalue weighted by atomic mass is 10.1. The third-order valence-corrected chi connectivity index (χ3v) is 2.08. The first-order valence-corrected chi connectivity index (χ1v) is 5.12. The number of nitrogens with zero attached hydrogens (tertiary/aromatic N) is 2. The van der Waals surface area contributed by atoms with E-state index in [0.29, 0.717) is 12.3 Å². The van der Waals surface area contributed by atoms with Crippen LogP contribution in [0, 0.1) is 12.8 Å². The maximum absolute atomic E-state index is 11.8. The predicted molar refractivity (Wildman–Crippen MR) is 56.4 cm³/mol. The number of ketones is 1. The minimum absolute atomic E-state index is 0.197. The maximum atomic E-state index is 11.8. The van der Waals surface area contributed by atoms with Crippen LogP contribution in [0.2, 0.25) is 0 Å². The molecule has 78 valence electrons. The highest BCUT2D eigenvalue weighted by molar-refractivity contribution is 5.94. The molecule has 0 unspecified atom stereocenters. The van der Waals surface area contributed by atoms with Gasteiger partial charge in [-0.15, -0.1) is 0 Å². The van der Waals surface area contributed by atoms with Gasteiger partial charge in [-0.1, -0.05) is 13.8 Å². The molecule has 0 aliphatic rings. The first-order valence-electron chi connectivity index (χ1n) is 5.12. The maximum Gasteiger partial charge on any atom is 0.181 e. The second kappa shape index (κ2) is 4.40. The van der Waals surface area contributed by atoms with Crippen molar-refractivity contribution in [2.45, 2.75) is 40.7 Å². The second-order valence-electron chi connectivity index (χ2n) is 4.01. The van der Waals surface area contributed by atoms with Crippen molar-refractivity contribution >= 4 is 5.78 Å². The summed E-state index contributed by atoms with van der Waals surface area (Å²) >= 11 is 0. The van der Waals surface area contributed by atoms with Crippen LogP contribution in [0.5, 0.6) is 0 Å². The van der Waals surface area contributed by atoms with Gasteiger partial charge in [-0.3, -0.25) is 9.48 Å². The smallest absolute Gasteiger partial charge is 0.181 e. The lowest BCUT2D eigenvalue weighted by molar-refractivity contribution is 0.0957. The second-order valence-corrected chi connectivity index (χ2v) is 4.01. The van der Waals surface area contributed by atoms with Gasteiger partial charge < -0.3 is 0 Å². The van der Waals surface area contributed by atoms with Crippen molar-refractivity contribution in [2.24, 2.45) is 5.92 Å². The minimum atomic E-state index is 0.197. The number of hydrogen-bond acceptors (Lipinski definition) is 2. The zero-order chi connectivity index (χ0) is 10.7. The van der Waals surface area contributed by atoms with Gasteiger partial charge in [-0.2, -0.15) is 5.10 Å². The monoisotopic (exact) mass is 194 g/mol. The number of Topliss-reactive ketones (excluding diaryl/α,β-unsaturated/α-hetero) is 1. The van der Waals surface area contributed by atoms with E-state index in [0.717, 1.165) is 17.9 Å². The molecule has 0 saturated carbocycles. The quantitative estimate of drug-likeness (QED) is 0.690. The van der Waals surface area contributed by atoms with Gasteiger partial charge in [0, 0.05) is 13.0 Å². The van der Waals surface area contributed by atoms with Crippen molar-refractivity contribution in [1.82, 2.24) is 9.78 Å². The topological polar surface area (TPSA) is 34.9 Å². The third-order valence-electron chi connectivity index (χ3n) is 2.08. The van der Waals surface area contributed by atoms with Crippen LogP contribution >= 0.6 is 0 Å². The van der Waals surface area contributed by atoms with E-state index in [1.807, 2.05) is 19.9 Å². The molecule has 0 saturated heterocycles. The van der Waals surface area contributed by atoms with Gasteiger partial charge in [0.05, 0.1) is 5.69 Å². The Kier molecular flexibility index (Phi) is 3.44. The molecular formula is C11H18N2O. The van der Waals surface area contributed by atoms with E-state index in [1.165, 1.54) is 0 Å². The highest BCUT2D eigenvalue weighted by Gasteiger charge is 2.13. The highest BCUT2D eigenvalue weighted by atomic mass is 16.1. The summed E-state index contributed by atoms with van der Waals surface area (Å²) in [4.78, 5) is 11.8. The van der Waals surface area contributed by atoms with Crippen LogP contribution < -0.4 is 0 Å². The van der Waals surface area contributed by atoms with Crippen LogP contribution in [0.4, 0.5) is 0 Å². The summed E-state index contributed by atoms with van der Waals surface area (Å²) in [5.41, 5.74) is 1.66. The molecule has 0 amide bonds. The van der Waals surface area contributed by atoms with E-state index in [4.69, 9.17) is 0 Å². The van der Waals surface area contributed by atoms with E-state index in [2.05, 4.69) is 18.9 Å². The van der Waals surface area contributed by atoms with Crippen molar-refractivity contribution in [3.05, 3.63) is 17.5 Å². The average Bonchev–Trinajstić information content (AvgIpc) is 2.45. The van der Waals surface area contributed by atoms with Crippen LogP contribution in [-0.2, 0) is 6.54 Å². The van der Waals surface area contributed by atoms with Gasteiger partial charge in [0.25, 0.3) is 0 Å². The summed E-state index contributed by atoms with van der Waals surface area (Å²) < 4.78 is 1.78. The standard InChI is InChI=1S/C11H18N2O/c1-5-13-10(7-9(4)12-13)11(14)6-8(2)3/h7-8H,5-6H2,1-4H3. The molecule has 1 rings (SSSR count). The normalized spacial score (nSPS) is 10.9. The Hall–Kier alpha value is -1.12. The van der Waals surface area contributed by atoms with E-state index < -0.39 is 0 Å². The molecule has 0 fully saturated rings. The highest BCUT2D eigenvalue weighted by Crippen LogP contribution is 2.10. The van der Waals surface area contributed by atoms with Crippen molar-refractivity contribution in [1.29, 1.82) is 0 Å². The number of hydrogen-bond donors (Lipinski definition) is 0. The van der Waals surface area contributed by atoms with Crippen LogP contribution in [-0.4, -0.2) is 15.6 Å².